The molecule has 2 aromatic heterocycles. The standard InChI is InChI=1S/C37H52FN7O2/c1-4-32(26-11-13-27(14-12-26)36(46)47-5-2)41-37-42-33-16-15-28(25-9-7-6-8-10-25)21-31(33)35(43-37)40-34(29-22-39-44(3)23-29)24-45-19-17-30(38)18-20-45/h6-10,22-23,26-28,30,32,34H,4-5,11-21,24H2,1-3H3,(H2,40,41,42,43)/t26?,27?,28-,32-,34?/m1/s1. The summed E-state index contributed by atoms with van der Waals surface area (Å²) < 4.78 is 21.2. The van der Waals surface area contributed by atoms with Crippen LogP contribution >= 0.6 is 0 Å². The number of aromatic nitrogens is 4. The normalized spacial score (nSPS) is 23.4. The molecule has 1 aromatic carbocycles. The molecule has 0 amide bonds. The van der Waals surface area contributed by atoms with Gasteiger partial charge in [0.1, 0.15) is 12.0 Å². The van der Waals surface area contributed by atoms with E-state index < -0.39 is 6.17 Å². The largest absolute Gasteiger partial charge is 0.466 e. The predicted molar refractivity (Wildman–Crippen MR) is 183 cm³/mol. The third-order valence-electron chi connectivity index (χ3n) is 10.7. The van der Waals surface area contributed by atoms with Crippen LogP contribution in [-0.2, 0) is 29.4 Å². The van der Waals surface area contributed by atoms with E-state index in [1.807, 2.05) is 24.9 Å². The number of rotatable bonds is 12. The van der Waals surface area contributed by atoms with Crippen LogP contribution in [0.3, 0.4) is 0 Å². The minimum absolute atomic E-state index is 0.0113. The zero-order valence-corrected chi connectivity index (χ0v) is 28.3. The second kappa shape index (κ2) is 15.6. The molecule has 6 rings (SSSR count). The maximum absolute atomic E-state index is 14.0. The van der Waals surface area contributed by atoms with E-state index in [2.05, 4.69) is 64.1 Å². The number of ether oxygens (including phenoxy) is 1. The molecule has 0 spiro atoms. The molecular formula is C37H52FN7O2. The highest BCUT2D eigenvalue weighted by Crippen LogP contribution is 2.38. The summed E-state index contributed by atoms with van der Waals surface area (Å²) in [6, 6.07) is 11.0. The zero-order chi connectivity index (χ0) is 32.8. The number of fused-ring (bicyclic) bond motifs is 1. The number of hydrogen-bond donors (Lipinski definition) is 2. The molecule has 10 heteroatoms. The van der Waals surface area contributed by atoms with Crippen molar-refractivity contribution in [2.45, 2.75) is 102 Å². The van der Waals surface area contributed by atoms with Crippen molar-refractivity contribution in [3.05, 3.63) is 65.1 Å². The van der Waals surface area contributed by atoms with Gasteiger partial charge in [0.05, 0.1) is 30.5 Å². The van der Waals surface area contributed by atoms with Crippen LogP contribution in [0, 0.1) is 11.8 Å². The van der Waals surface area contributed by atoms with Crippen molar-refractivity contribution in [2.75, 3.05) is 36.9 Å². The first-order valence-corrected chi connectivity index (χ1v) is 17.9. The van der Waals surface area contributed by atoms with Crippen LogP contribution in [0.25, 0.3) is 0 Å². The maximum Gasteiger partial charge on any atom is 0.308 e. The second-order valence-corrected chi connectivity index (χ2v) is 13.8. The molecule has 3 heterocycles. The molecule has 3 aliphatic rings. The molecule has 1 unspecified atom stereocenters. The number of likely N-dealkylation sites (tertiary alicyclic amines) is 1. The summed E-state index contributed by atoms with van der Waals surface area (Å²) >= 11 is 0. The summed E-state index contributed by atoms with van der Waals surface area (Å²) in [4.78, 5) is 25.1. The molecule has 0 bridgehead atoms. The fraction of sp³-hybridized carbons (Fsp3) is 0.622. The number of halogens is 1. The van der Waals surface area contributed by atoms with Crippen molar-refractivity contribution in [3.8, 4) is 0 Å². The van der Waals surface area contributed by atoms with E-state index >= 15 is 0 Å². The quantitative estimate of drug-likeness (QED) is 0.212. The van der Waals surface area contributed by atoms with E-state index in [-0.39, 0.29) is 24.0 Å². The van der Waals surface area contributed by atoms with E-state index in [0.29, 0.717) is 37.2 Å². The topological polar surface area (TPSA) is 97.2 Å². The van der Waals surface area contributed by atoms with Gasteiger partial charge in [-0.2, -0.15) is 10.1 Å². The Morgan fingerprint density at radius 3 is 2.47 bits per heavy atom. The Kier molecular flexibility index (Phi) is 11.1. The molecular weight excluding hydrogens is 593 g/mol. The van der Waals surface area contributed by atoms with Gasteiger partial charge in [0, 0.05) is 50.0 Å². The Bertz CT molecular complexity index is 1450. The molecule has 0 radical (unpaired) electrons. The van der Waals surface area contributed by atoms with Crippen molar-refractivity contribution in [2.24, 2.45) is 18.9 Å². The van der Waals surface area contributed by atoms with Crippen LogP contribution in [0.2, 0.25) is 0 Å². The van der Waals surface area contributed by atoms with Crippen molar-refractivity contribution >= 4 is 17.7 Å². The third kappa shape index (κ3) is 8.31. The average Bonchev–Trinajstić information content (AvgIpc) is 3.54. The fourth-order valence-electron chi connectivity index (χ4n) is 7.90. The molecule has 1 saturated heterocycles. The highest BCUT2D eigenvalue weighted by molar-refractivity contribution is 5.72. The first-order valence-electron chi connectivity index (χ1n) is 17.9. The summed E-state index contributed by atoms with van der Waals surface area (Å²) in [5.74, 6) is 2.37. The molecule has 2 N–H and O–H groups in total. The Labute approximate surface area is 279 Å². The minimum atomic E-state index is -0.708. The number of aryl methyl sites for hydroxylation is 2. The van der Waals surface area contributed by atoms with E-state index in [9.17, 15) is 9.18 Å². The summed E-state index contributed by atoms with van der Waals surface area (Å²) in [6.45, 7) is 6.78. The lowest BCUT2D eigenvalue weighted by molar-refractivity contribution is -0.149. The van der Waals surface area contributed by atoms with Gasteiger partial charge in [-0.25, -0.2) is 9.37 Å². The van der Waals surface area contributed by atoms with Crippen molar-refractivity contribution in [1.29, 1.82) is 0 Å². The smallest absolute Gasteiger partial charge is 0.308 e. The highest BCUT2D eigenvalue weighted by Gasteiger charge is 2.33. The number of carbonyl (C=O) groups is 1. The second-order valence-electron chi connectivity index (χ2n) is 13.8. The van der Waals surface area contributed by atoms with Gasteiger partial charge >= 0.3 is 5.97 Å². The zero-order valence-electron chi connectivity index (χ0n) is 28.3. The molecule has 1 saturated carbocycles. The summed E-state index contributed by atoms with van der Waals surface area (Å²) in [7, 11) is 1.94. The van der Waals surface area contributed by atoms with Crippen LogP contribution < -0.4 is 10.6 Å². The van der Waals surface area contributed by atoms with Crippen LogP contribution in [-0.4, -0.2) is 69.1 Å². The summed E-state index contributed by atoms with van der Waals surface area (Å²) in [5, 5.41) is 12.1. The summed E-state index contributed by atoms with van der Waals surface area (Å²) in [5.41, 5.74) is 4.75. The number of esters is 1. The number of nitrogens with one attached hydrogen (secondary N) is 2. The maximum atomic E-state index is 14.0. The lowest BCUT2D eigenvalue weighted by Gasteiger charge is -2.34. The summed E-state index contributed by atoms with van der Waals surface area (Å²) in [6.07, 6.45) is 11.9. The van der Waals surface area contributed by atoms with Gasteiger partial charge in [-0.05, 0) is 88.5 Å². The van der Waals surface area contributed by atoms with Gasteiger partial charge < -0.3 is 20.3 Å². The Balaban J connectivity index is 1.27. The van der Waals surface area contributed by atoms with Crippen molar-refractivity contribution < 1.29 is 13.9 Å². The Morgan fingerprint density at radius 1 is 1.02 bits per heavy atom. The van der Waals surface area contributed by atoms with Crippen molar-refractivity contribution in [3.63, 3.8) is 0 Å². The third-order valence-corrected chi connectivity index (χ3v) is 10.7. The van der Waals surface area contributed by atoms with E-state index in [1.54, 1.807) is 0 Å². The number of carbonyl (C=O) groups excluding carboxylic acids is 1. The number of benzene rings is 1. The van der Waals surface area contributed by atoms with Crippen LogP contribution in [0.1, 0.15) is 99.6 Å². The molecule has 47 heavy (non-hydrogen) atoms. The molecule has 2 aliphatic carbocycles. The number of anilines is 2. The van der Waals surface area contributed by atoms with Gasteiger partial charge in [0.15, 0.2) is 0 Å². The molecule has 1 aliphatic heterocycles. The predicted octanol–water partition coefficient (Wildman–Crippen LogP) is 6.63. The number of alkyl halides is 1. The van der Waals surface area contributed by atoms with Crippen molar-refractivity contribution in [1.82, 2.24) is 24.6 Å². The molecule has 254 valence electrons. The van der Waals surface area contributed by atoms with E-state index in [0.717, 1.165) is 88.1 Å². The lowest BCUT2D eigenvalue weighted by Crippen LogP contribution is -2.39. The first kappa shape index (κ1) is 33.4. The monoisotopic (exact) mass is 645 g/mol. The van der Waals surface area contributed by atoms with Gasteiger partial charge in [-0.3, -0.25) is 9.48 Å². The average molecular weight is 646 g/mol. The number of hydrogen-bond acceptors (Lipinski definition) is 8. The van der Waals surface area contributed by atoms with E-state index in [4.69, 9.17) is 14.7 Å². The number of nitrogens with zero attached hydrogens (tertiary/aromatic N) is 5. The molecule has 3 aromatic rings. The van der Waals surface area contributed by atoms with E-state index in [1.165, 1.54) is 11.1 Å². The molecule has 9 nitrogen and oxygen atoms in total. The SMILES string of the molecule is CCOC(=O)C1CCC([C@@H](CC)Nc2nc3c(c(NC(CN4CCC(F)CC4)c4cnn(C)c4)n2)C[C@H](c2ccccc2)CC3)CC1. The van der Waals surface area contributed by atoms with Crippen LogP contribution in [0.4, 0.5) is 16.2 Å². The lowest BCUT2D eigenvalue weighted by atomic mass is 9.78. The van der Waals surface area contributed by atoms with Gasteiger partial charge in [-0.1, -0.05) is 37.3 Å². The van der Waals surface area contributed by atoms with Crippen LogP contribution in [0.15, 0.2) is 42.7 Å². The fourth-order valence-corrected chi connectivity index (χ4v) is 7.90. The minimum Gasteiger partial charge on any atom is -0.466 e. The first-order chi connectivity index (χ1) is 22.9. The molecule has 3 atom stereocenters. The number of piperidine rings is 1. The van der Waals surface area contributed by atoms with Crippen LogP contribution in [0.5, 0.6) is 0 Å². The Morgan fingerprint density at radius 2 is 1.79 bits per heavy atom. The highest BCUT2D eigenvalue weighted by atomic mass is 19.1. The van der Waals surface area contributed by atoms with Gasteiger partial charge in [0.25, 0.3) is 0 Å². The van der Waals surface area contributed by atoms with Gasteiger partial charge in [-0.15, -0.1) is 0 Å². The van der Waals surface area contributed by atoms with Gasteiger partial charge in [0.2, 0.25) is 5.95 Å². The Hall–Kier alpha value is -3.53. The molecule has 2 fully saturated rings.